The van der Waals surface area contributed by atoms with E-state index in [0.29, 0.717) is 12.1 Å². The van der Waals surface area contributed by atoms with Gasteiger partial charge in [0.15, 0.2) is 0 Å². The van der Waals surface area contributed by atoms with Crippen molar-refractivity contribution in [3.8, 4) is 5.75 Å². The second-order valence-electron chi connectivity index (χ2n) is 8.62. The Morgan fingerprint density at radius 3 is 1.69 bits per heavy atom. The number of unbranched alkanes of at least 4 members (excludes halogenated alkanes) is 15. The van der Waals surface area contributed by atoms with Crippen molar-refractivity contribution >= 4 is 11.6 Å². The van der Waals surface area contributed by atoms with E-state index in [-0.39, 0.29) is 11.7 Å². The standard InChI is InChI=1S/C26H45NO2/c1-3-4-5-6-7-8-9-10-11-12-13-14-15-16-17-18-19-26(29)27-24-22-23(2)20-21-25(24)28/h20-22,28H,3-19H2,1-2H3,(H,27,29). The SMILES string of the molecule is CCCCCCCCCCCCCCCCCCC(=O)Nc1cc(C)ccc1O. The number of benzene rings is 1. The fourth-order valence-corrected chi connectivity index (χ4v) is 3.80. The molecule has 166 valence electrons. The van der Waals surface area contributed by atoms with Crippen LogP contribution in [0.2, 0.25) is 0 Å². The lowest BCUT2D eigenvalue weighted by Crippen LogP contribution is -2.11. The minimum atomic E-state index is -0.00346. The van der Waals surface area contributed by atoms with Crippen molar-refractivity contribution in [2.45, 2.75) is 123 Å². The lowest BCUT2D eigenvalue weighted by molar-refractivity contribution is -0.116. The minimum absolute atomic E-state index is 0.00346. The van der Waals surface area contributed by atoms with Crippen LogP contribution in [0.25, 0.3) is 0 Å². The number of rotatable bonds is 18. The molecule has 0 aromatic heterocycles. The van der Waals surface area contributed by atoms with Gasteiger partial charge in [-0.15, -0.1) is 0 Å². The van der Waals surface area contributed by atoms with Crippen molar-refractivity contribution in [3.05, 3.63) is 23.8 Å². The van der Waals surface area contributed by atoms with Crippen molar-refractivity contribution in [3.63, 3.8) is 0 Å². The van der Waals surface area contributed by atoms with E-state index in [1.54, 1.807) is 12.1 Å². The summed E-state index contributed by atoms with van der Waals surface area (Å²) in [5, 5.41) is 12.6. The van der Waals surface area contributed by atoms with E-state index in [1.807, 2.05) is 13.0 Å². The molecule has 0 atom stereocenters. The molecule has 3 heteroatoms. The van der Waals surface area contributed by atoms with Crippen LogP contribution in [0.3, 0.4) is 0 Å². The molecule has 0 spiro atoms. The van der Waals surface area contributed by atoms with Crippen LogP contribution < -0.4 is 5.32 Å². The quantitative estimate of drug-likeness (QED) is 0.191. The van der Waals surface area contributed by atoms with Gasteiger partial charge in [0, 0.05) is 6.42 Å². The summed E-state index contributed by atoms with van der Waals surface area (Å²) < 4.78 is 0. The molecular weight excluding hydrogens is 358 g/mol. The first-order valence-corrected chi connectivity index (χ1v) is 12.2. The van der Waals surface area contributed by atoms with Gasteiger partial charge in [0.1, 0.15) is 5.75 Å². The van der Waals surface area contributed by atoms with E-state index in [4.69, 9.17) is 0 Å². The zero-order chi connectivity index (χ0) is 21.2. The Labute approximate surface area is 179 Å². The zero-order valence-electron chi connectivity index (χ0n) is 19.1. The second-order valence-corrected chi connectivity index (χ2v) is 8.62. The van der Waals surface area contributed by atoms with Crippen LogP contribution in [0.4, 0.5) is 5.69 Å². The molecule has 0 radical (unpaired) electrons. The molecule has 3 nitrogen and oxygen atoms in total. The molecular formula is C26H45NO2. The maximum Gasteiger partial charge on any atom is 0.224 e. The van der Waals surface area contributed by atoms with Gasteiger partial charge in [0.05, 0.1) is 5.69 Å². The summed E-state index contributed by atoms with van der Waals surface area (Å²) in [5.41, 5.74) is 1.55. The highest BCUT2D eigenvalue weighted by atomic mass is 16.3. The van der Waals surface area contributed by atoms with E-state index in [1.165, 1.54) is 89.9 Å². The molecule has 2 N–H and O–H groups in total. The van der Waals surface area contributed by atoms with Gasteiger partial charge in [0.25, 0.3) is 0 Å². The number of carbonyl (C=O) groups excluding carboxylic acids is 1. The van der Waals surface area contributed by atoms with E-state index < -0.39 is 0 Å². The van der Waals surface area contributed by atoms with Crippen molar-refractivity contribution in [2.24, 2.45) is 0 Å². The Balaban J connectivity index is 1.85. The number of phenolic OH excluding ortho intramolecular Hbond substituents is 1. The van der Waals surface area contributed by atoms with Crippen molar-refractivity contribution in [1.82, 2.24) is 0 Å². The molecule has 0 fully saturated rings. The van der Waals surface area contributed by atoms with Gasteiger partial charge in [-0.3, -0.25) is 4.79 Å². The monoisotopic (exact) mass is 403 g/mol. The molecule has 0 bridgehead atoms. The number of anilines is 1. The third-order valence-electron chi connectivity index (χ3n) is 5.68. The maximum atomic E-state index is 12.0. The van der Waals surface area contributed by atoms with Gasteiger partial charge in [-0.05, 0) is 31.0 Å². The van der Waals surface area contributed by atoms with Gasteiger partial charge in [0.2, 0.25) is 5.91 Å². The van der Waals surface area contributed by atoms with Gasteiger partial charge >= 0.3 is 0 Å². The molecule has 1 rings (SSSR count). The van der Waals surface area contributed by atoms with E-state index in [9.17, 15) is 9.90 Å². The second kappa shape index (κ2) is 17.4. The third kappa shape index (κ3) is 14.2. The van der Waals surface area contributed by atoms with Gasteiger partial charge in [-0.1, -0.05) is 109 Å². The Hall–Kier alpha value is -1.51. The number of hydrogen-bond donors (Lipinski definition) is 2. The Kier molecular flexibility index (Phi) is 15.3. The molecule has 0 saturated heterocycles. The summed E-state index contributed by atoms with van der Waals surface area (Å²) in [6.07, 6.45) is 21.9. The lowest BCUT2D eigenvalue weighted by atomic mass is 10.0. The third-order valence-corrected chi connectivity index (χ3v) is 5.68. The van der Waals surface area contributed by atoms with Crippen LogP contribution in [-0.4, -0.2) is 11.0 Å². The first-order valence-electron chi connectivity index (χ1n) is 12.2. The summed E-state index contributed by atoms with van der Waals surface area (Å²) in [7, 11) is 0. The molecule has 0 saturated carbocycles. The van der Waals surface area contributed by atoms with Crippen LogP contribution in [0, 0.1) is 6.92 Å². The first-order chi connectivity index (χ1) is 14.1. The predicted octanol–water partition coefficient (Wildman–Crippen LogP) is 8.29. The minimum Gasteiger partial charge on any atom is -0.506 e. The van der Waals surface area contributed by atoms with E-state index >= 15 is 0 Å². The number of hydrogen-bond acceptors (Lipinski definition) is 2. The highest BCUT2D eigenvalue weighted by Gasteiger charge is 2.06. The molecule has 1 aromatic rings. The Morgan fingerprint density at radius 1 is 0.759 bits per heavy atom. The smallest absolute Gasteiger partial charge is 0.224 e. The fourth-order valence-electron chi connectivity index (χ4n) is 3.80. The molecule has 29 heavy (non-hydrogen) atoms. The zero-order valence-corrected chi connectivity index (χ0v) is 19.1. The van der Waals surface area contributed by atoms with Crippen LogP contribution in [0.1, 0.15) is 122 Å². The highest BCUT2D eigenvalue weighted by molar-refractivity contribution is 5.92. The molecule has 1 aromatic carbocycles. The molecule has 1 amide bonds. The number of carbonyl (C=O) groups is 1. The van der Waals surface area contributed by atoms with Crippen molar-refractivity contribution < 1.29 is 9.90 Å². The predicted molar refractivity (Wildman–Crippen MR) is 126 cm³/mol. The van der Waals surface area contributed by atoms with E-state index in [0.717, 1.165) is 18.4 Å². The summed E-state index contributed by atoms with van der Waals surface area (Å²) in [4.78, 5) is 12.0. The fraction of sp³-hybridized carbons (Fsp3) is 0.731. The number of amides is 1. The summed E-state index contributed by atoms with van der Waals surface area (Å²) in [5.74, 6) is 0.132. The number of aryl methyl sites for hydroxylation is 1. The number of nitrogens with one attached hydrogen (secondary N) is 1. The summed E-state index contributed by atoms with van der Waals surface area (Å²) in [6.45, 7) is 4.23. The van der Waals surface area contributed by atoms with Gasteiger partial charge in [-0.2, -0.15) is 0 Å². The molecule has 0 aliphatic rings. The lowest BCUT2D eigenvalue weighted by Gasteiger charge is -2.08. The Bertz CT molecular complexity index is 542. The normalized spacial score (nSPS) is 11.0. The largest absolute Gasteiger partial charge is 0.506 e. The first kappa shape index (κ1) is 25.5. The molecule has 0 aliphatic carbocycles. The molecule has 0 unspecified atom stereocenters. The average molecular weight is 404 g/mol. The van der Waals surface area contributed by atoms with Gasteiger partial charge < -0.3 is 10.4 Å². The number of aromatic hydroxyl groups is 1. The van der Waals surface area contributed by atoms with Crippen molar-refractivity contribution in [1.29, 1.82) is 0 Å². The van der Waals surface area contributed by atoms with Crippen molar-refractivity contribution in [2.75, 3.05) is 5.32 Å². The van der Waals surface area contributed by atoms with Crippen LogP contribution >= 0.6 is 0 Å². The Morgan fingerprint density at radius 2 is 1.21 bits per heavy atom. The average Bonchev–Trinajstić information content (AvgIpc) is 2.70. The van der Waals surface area contributed by atoms with Crippen LogP contribution in [-0.2, 0) is 4.79 Å². The molecule has 0 heterocycles. The summed E-state index contributed by atoms with van der Waals surface area (Å²) in [6, 6.07) is 5.26. The van der Waals surface area contributed by atoms with Crippen LogP contribution in [0.5, 0.6) is 5.75 Å². The topological polar surface area (TPSA) is 49.3 Å². The maximum absolute atomic E-state index is 12.0. The summed E-state index contributed by atoms with van der Waals surface area (Å²) >= 11 is 0. The van der Waals surface area contributed by atoms with E-state index in [2.05, 4.69) is 12.2 Å². The highest BCUT2D eigenvalue weighted by Crippen LogP contribution is 2.24. The van der Waals surface area contributed by atoms with Gasteiger partial charge in [-0.25, -0.2) is 0 Å². The number of phenols is 1. The van der Waals surface area contributed by atoms with Crippen LogP contribution in [0.15, 0.2) is 18.2 Å². The molecule has 0 aliphatic heterocycles.